The van der Waals surface area contributed by atoms with Crippen molar-refractivity contribution in [3.05, 3.63) is 83.1 Å². The minimum Gasteiger partial charge on any atom is -0.450 e. The molecule has 0 radical (unpaired) electrons. The number of alkyl carbamates (subject to hydrolysis) is 1. The molecule has 2 aromatic carbocycles. The van der Waals surface area contributed by atoms with Gasteiger partial charge in [-0.25, -0.2) is 9.59 Å². The van der Waals surface area contributed by atoms with Crippen LogP contribution < -0.4 is 5.32 Å². The van der Waals surface area contributed by atoms with Crippen molar-refractivity contribution in [3.8, 4) is 0 Å². The number of nitrogens with zero attached hydrogens (tertiary/aromatic N) is 1. The Labute approximate surface area is 227 Å². The Bertz CT molecular complexity index is 1220. The minimum atomic E-state index is -1.75. The molecular weight excluding hydrogens is 532 g/mol. The van der Waals surface area contributed by atoms with Gasteiger partial charge < -0.3 is 19.6 Å². The van der Waals surface area contributed by atoms with Crippen LogP contribution in [-0.2, 0) is 34.7 Å². The first-order valence-electron chi connectivity index (χ1n) is 12.1. The second-order valence-electron chi connectivity index (χ2n) is 8.75. The Hall–Kier alpha value is -3.50. The largest absolute Gasteiger partial charge is 0.450 e. The van der Waals surface area contributed by atoms with Gasteiger partial charge in [-0.1, -0.05) is 74.0 Å². The molecule has 2 aliphatic heterocycles. The lowest BCUT2D eigenvalue weighted by molar-refractivity contribution is -0.153. The van der Waals surface area contributed by atoms with Gasteiger partial charge in [-0.2, -0.15) is 0 Å². The smallest absolute Gasteiger partial charge is 0.407 e. The number of alkyl halides is 1. The first-order chi connectivity index (χ1) is 18.4. The molecule has 0 bridgehead atoms. The summed E-state index contributed by atoms with van der Waals surface area (Å²) in [6, 6.07) is 16.9. The predicted molar refractivity (Wildman–Crippen MR) is 140 cm³/mol. The zero-order valence-electron chi connectivity index (χ0n) is 20.6. The van der Waals surface area contributed by atoms with Crippen LogP contribution in [0.25, 0.3) is 0 Å². The summed E-state index contributed by atoms with van der Waals surface area (Å²) in [5.41, 5.74) is 1.17. The van der Waals surface area contributed by atoms with Crippen molar-refractivity contribution in [1.29, 1.82) is 0 Å². The van der Waals surface area contributed by atoms with E-state index >= 15 is 0 Å². The lowest BCUT2D eigenvalue weighted by atomic mass is 10.00. The molecule has 2 heterocycles. The lowest BCUT2D eigenvalue weighted by Crippen LogP contribution is -2.73. The van der Waals surface area contributed by atoms with Crippen molar-refractivity contribution in [3.63, 3.8) is 0 Å². The van der Waals surface area contributed by atoms with Gasteiger partial charge in [0, 0.05) is 0 Å². The summed E-state index contributed by atoms with van der Waals surface area (Å²) >= 11 is 6.20. The first kappa shape index (κ1) is 27.5. The van der Waals surface area contributed by atoms with Crippen molar-refractivity contribution in [2.45, 2.75) is 42.7 Å². The molecule has 2 aliphatic rings. The van der Waals surface area contributed by atoms with Crippen molar-refractivity contribution in [1.82, 2.24) is 10.2 Å². The number of benzene rings is 2. The minimum absolute atomic E-state index is 0.0263. The Morgan fingerprint density at radius 2 is 1.74 bits per heavy atom. The fourth-order valence-corrected chi connectivity index (χ4v) is 6.31. The average molecular weight is 559 g/mol. The number of carbonyl (C=O) groups excluding carboxylic acids is 4. The fraction of sp³-hybridized carbons (Fsp3) is 0.333. The molecule has 2 aromatic rings. The monoisotopic (exact) mass is 558 g/mol. The van der Waals surface area contributed by atoms with Gasteiger partial charge in [0.2, 0.25) is 0 Å². The van der Waals surface area contributed by atoms with E-state index in [9.17, 15) is 23.4 Å². The van der Waals surface area contributed by atoms with Crippen LogP contribution >= 0.6 is 11.6 Å². The van der Waals surface area contributed by atoms with Gasteiger partial charge in [-0.15, -0.1) is 11.6 Å². The topological polar surface area (TPSA) is 119 Å². The number of hydrogen-bond acceptors (Lipinski definition) is 7. The molecule has 1 fully saturated rings. The first-order valence-corrected chi connectivity index (χ1v) is 14.0. The summed E-state index contributed by atoms with van der Waals surface area (Å²) in [5, 5.41) is 0.112. The van der Waals surface area contributed by atoms with Gasteiger partial charge in [0.15, 0.2) is 6.10 Å². The third kappa shape index (κ3) is 5.66. The van der Waals surface area contributed by atoms with E-state index < -0.39 is 51.7 Å². The van der Waals surface area contributed by atoms with Crippen LogP contribution in [0.2, 0.25) is 0 Å². The maximum atomic E-state index is 13.7. The van der Waals surface area contributed by atoms with Gasteiger partial charge in [0.25, 0.3) is 5.91 Å². The van der Waals surface area contributed by atoms with Crippen LogP contribution in [-0.4, -0.2) is 62.5 Å². The van der Waals surface area contributed by atoms with E-state index in [1.807, 2.05) is 19.1 Å². The number of unbranched alkanes of at least 4 members (excludes halogenated alkanes) is 1. The van der Waals surface area contributed by atoms with Crippen molar-refractivity contribution >= 4 is 46.7 Å². The van der Waals surface area contributed by atoms with Crippen LogP contribution in [0.4, 0.5) is 4.79 Å². The molecule has 4 atom stereocenters. The Balaban J connectivity index is 1.64. The van der Waals surface area contributed by atoms with E-state index in [2.05, 4.69) is 5.32 Å². The molecule has 11 heteroatoms. The fourth-order valence-electron chi connectivity index (χ4n) is 4.31. The lowest BCUT2D eigenvalue weighted by Gasteiger charge is -2.49. The summed E-state index contributed by atoms with van der Waals surface area (Å²) in [6.07, 6.45) is 0.233. The van der Waals surface area contributed by atoms with E-state index in [0.29, 0.717) is 23.8 Å². The second kappa shape index (κ2) is 12.4. The number of halogens is 1. The normalized spacial score (nSPS) is 21.3. The molecule has 2 amide bonds. The summed E-state index contributed by atoms with van der Waals surface area (Å²) < 4.78 is 24.1. The number of esters is 1. The molecular formula is C27H27ClN2O7S. The zero-order chi connectivity index (χ0) is 27.2. The van der Waals surface area contributed by atoms with Gasteiger partial charge >= 0.3 is 12.1 Å². The molecule has 38 heavy (non-hydrogen) atoms. The Morgan fingerprint density at radius 3 is 2.29 bits per heavy atom. The van der Waals surface area contributed by atoms with E-state index in [1.54, 1.807) is 48.5 Å². The SMILES string of the molecule is CCCCOC(=O)NC1C(=O)N2C(C(=O)OC(c3ccccc3)c3ccccc3)=C(C(Cl)C=O)CS(=O)C12. The summed E-state index contributed by atoms with van der Waals surface area (Å²) in [5.74, 6) is -1.81. The van der Waals surface area contributed by atoms with Crippen LogP contribution in [0.5, 0.6) is 0 Å². The van der Waals surface area contributed by atoms with E-state index in [0.717, 1.165) is 11.3 Å². The number of β-lactam (4-membered cyclic amide) rings is 1. The van der Waals surface area contributed by atoms with Gasteiger partial charge in [0.1, 0.15) is 28.8 Å². The number of amides is 2. The molecule has 200 valence electrons. The summed E-state index contributed by atoms with van der Waals surface area (Å²) in [7, 11) is -1.75. The third-order valence-corrected chi connectivity index (χ3v) is 8.22. The maximum Gasteiger partial charge on any atom is 0.407 e. The molecule has 0 spiro atoms. The van der Waals surface area contributed by atoms with Crippen molar-refractivity contribution < 1.29 is 32.9 Å². The van der Waals surface area contributed by atoms with E-state index in [4.69, 9.17) is 21.1 Å². The second-order valence-corrected chi connectivity index (χ2v) is 10.8. The number of hydrogen-bond donors (Lipinski definition) is 1. The molecule has 4 unspecified atom stereocenters. The Morgan fingerprint density at radius 1 is 1.13 bits per heavy atom. The van der Waals surface area contributed by atoms with Crippen molar-refractivity contribution in [2.24, 2.45) is 0 Å². The predicted octanol–water partition coefficient (Wildman–Crippen LogP) is 3.21. The highest BCUT2D eigenvalue weighted by atomic mass is 35.5. The average Bonchev–Trinajstić information content (AvgIpc) is 2.94. The number of nitrogens with one attached hydrogen (secondary N) is 1. The highest BCUT2D eigenvalue weighted by molar-refractivity contribution is 7.86. The molecule has 1 N–H and O–H groups in total. The van der Waals surface area contributed by atoms with Gasteiger partial charge in [0.05, 0.1) is 23.2 Å². The van der Waals surface area contributed by atoms with Crippen molar-refractivity contribution in [2.75, 3.05) is 12.4 Å². The summed E-state index contributed by atoms with van der Waals surface area (Å²) in [6.45, 7) is 2.11. The van der Waals surface area contributed by atoms with Crippen LogP contribution in [0.3, 0.4) is 0 Å². The van der Waals surface area contributed by atoms with Crippen LogP contribution in [0, 0.1) is 0 Å². The van der Waals surface area contributed by atoms with Crippen LogP contribution in [0.15, 0.2) is 71.9 Å². The molecule has 4 rings (SSSR count). The molecule has 0 saturated carbocycles. The number of ether oxygens (including phenoxy) is 2. The number of fused-ring (bicyclic) bond motifs is 1. The number of rotatable bonds is 10. The maximum absolute atomic E-state index is 13.7. The van der Waals surface area contributed by atoms with Gasteiger partial charge in [-0.3, -0.25) is 13.9 Å². The quantitative estimate of drug-likeness (QED) is 0.156. The molecule has 0 aromatic heterocycles. The standard InChI is InChI=1S/C27H27ClN2O7S/c1-2-3-14-36-27(34)29-21-24(32)30-22(19(20(28)15-31)16-38(35)25(21)30)26(33)37-23(17-10-6-4-7-11-17)18-12-8-5-9-13-18/h4-13,15,20-21,23,25H,2-3,14,16H2,1H3,(H,29,34). The highest BCUT2D eigenvalue weighted by Gasteiger charge is 2.58. The number of aldehydes is 1. The van der Waals surface area contributed by atoms with Crippen LogP contribution in [0.1, 0.15) is 37.0 Å². The van der Waals surface area contributed by atoms with E-state index in [-0.39, 0.29) is 23.6 Å². The van der Waals surface area contributed by atoms with Gasteiger partial charge in [-0.05, 0) is 23.1 Å². The molecule has 9 nitrogen and oxygen atoms in total. The third-order valence-electron chi connectivity index (χ3n) is 6.23. The number of carbonyl (C=O) groups is 4. The molecule has 1 saturated heterocycles. The summed E-state index contributed by atoms with van der Waals surface area (Å²) in [4.78, 5) is 51.6. The Kier molecular flexibility index (Phi) is 8.96. The highest BCUT2D eigenvalue weighted by Crippen LogP contribution is 2.38. The van der Waals surface area contributed by atoms with E-state index in [1.165, 1.54) is 0 Å². The zero-order valence-corrected chi connectivity index (χ0v) is 22.2. The molecule has 0 aliphatic carbocycles.